The first-order valence-corrected chi connectivity index (χ1v) is 7.36. The molecule has 19 heavy (non-hydrogen) atoms. The van der Waals surface area contributed by atoms with Crippen molar-refractivity contribution in [3.63, 3.8) is 0 Å². The fourth-order valence-electron chi connectivity index (χ4n) is 2.69. The third-order valence-electron chi connectivity index (χ3n) is 3.92. The molecule has 1 aromatic heterocycles. The number of aryl methyl sites for hydroxylation is 1. The summed E-state index contributed by atoms with van der Waals surface area (Å²) in [5.41, 5.74) is 0.911. The smallest absolute Gasteiger partial charge is 0.137 e. The van der Waals surface area contributed by atoms with Crippen molar-refractivity contribution in [2.45, 2.75) is 46.1 Å². The lowest BCUT2D eigenvalue weighted by Gasteiger charge is -2.28. The summed E-state index contributed by atoms with van der Waals surface area (Å²) in [6, 6.07) is 0.138. The van der Waals surface area contributed by atoms with E-state index in [4.69, 9.17) is 11.6 Å². The van der Waals surface area contributed by atoms with Crippen molar-refractivity contribution in [1.29, 1.82) is 0 Å². The Kier molecular flexibility index (Phi) is 4.63. The molecule has 1 aliphatic rings. The van der Waals surface area contributed by atoms with Crippen molar-refractivity contribution in [3.05, 3.63) is 16.5 Å². The summed E-state index contributed by atoms with van der Waals surface area (Å²) in [4.78, 5) is 11.2. The van der Waals surface area contributed by atoms with E-state index in [2.05, 4.69) is 28.7 Å². The van der Waals surface area contributed by atoms with Crippen molar-refractivity contribution >= 4 is 17.4 Å². The van der Waals surface area contributed by atoms with E-state index in [1.165, 1.54) is 0 Å². The first-order valence-electron chi connectivity index (χ1n) is 6.99. The van der Waals surface area contributed by atoms with E-state index in [0.29, 0.717) is 11.1 Å². The van der Waals surface area contributed by atoms with Crippen LogP contribution < -0.4 is 4.90 Å². The summed E-state index contributed by atoms with van der Waals surface area (Å²) in [6.07, 6.45) is 2.91. The zero-order chi connectivity index (χ0) is 14.0. The monoisotopic (exact) mass is 283 g/mol. The molecule has 106 valence electrons. The maximum absolute atomic E-state index is 9.58. The van der Waals surface area contributed by atoms with E-state index in [0.717, 1.165) is 43.0 Å². The normalized spacial score (nSPS) is 23.1. The number of aliphatic hydroxyl groups is 1. The van der Waals surface area contributed by atoms with Gasteiger partial charge in [-0.05, 0) is 25.7 Å². The Hall–Kier alpha value is -0.870. The van der Waals surface area contributed by atoms with E-state index in [-0.39, 0.29) is 12.6 Å². The molecule has 4 nitrogen and oxygen atoms in total. The van der Waals surface area contributed by atoms with Gasteiger partial charge in [0, 0.05) is 18.5 Å². The summed E-state index contributed by atoms with van der Waals surface area (Å²) in [5.74, 6) is 2.17. The summed E-state index contributed by atoms with van der Waals surface area (Å²) in [7, 11) is 0. The molecule has 2 atom stereocenters. The largest absolute Gasteiger partial charge is 0.394 e. The van der Waals surface area contributed by atoms with Gasteiger partial charge >= 0.3 is 0 Å². The van der Waals surface area contributed by atoms with Crippen LogP contribution in [0.1, 0.15) is 38.1 Å². The number of aromatic nitrogens is 2. The fourth-order valence-corrected chi connectivity index (χ4v) is 2.87. The van der Waals surface area contributed by atoms with E-state index < -0.39 is 0 Å². The zero-order valence-electron chi connectivity index (χ0n) is 11.9. The summed E-state index contributed by atoms with van der Waals surface area (Å²) in [5, 5.41) is 10.1. The van der Waals surface area contributed by atoms with Crippen LogP contribution in [0.4, 0.5) is 5.82 Å². The Morgan fingerprint density at radius 2 is 2.16 bits per heavy atom. The molecule has 1 N–H and O–H groups in total. The predicted octanol–water partition coefficient (Wildman–Crippen LogP) is 2.60. The SMILES string of the molecule is CCCc1nc(Cl)c(C)c(N2CCC(C)C2CO)n1. The number of hydrogen-bond donors (Lipinski definition) is 1. The number of anilines is 1. The molecule has 0 aliphatic carbocycles. The molecule has 1 fully saturated rings. The Morgan fingerprint density at radius 1 is 1.42 bits per heavy atom. The lowest BCUT2D eigenvalue weighted by molar-refractivity contribution is 0.244. The molecule has 0 saturated carbocycles. The van der Waals surface area contributed by atoms with Gasteiger partial charge in [-0.1, -0.05) is 25.4 Å². The molecule has 0 aromatic carbocycles. The third kappa shape index (κ3) is 2.84. The highest BCUT2D eigenvalue weighted by molar-refractivity contribution is 6.30. The number of rotatable bonds is 4. The van der Waals surface area contributed by atoms with Crippen LogP contribution in [0.15, 0.2) is 0 Å². The molecular formula is C14H22ClN3O. The molecule has 5 heteroatoms. The summed E-state index contributed by atoms with van der Waals surface area (Å²) < 4.78 is 0. The topological polar surface area (TPSA) is 49.2 Å². The van der Waals surface area contributed by atoms with Gasteiger partial charge < -0.3 is 10.0 Å². The molecule has 0 spiro atoms. The second-order valence-corrected chi connectivity index (χ2v) is 5.70. The minimum absolute atomic E-state index is 0.138. The Balaban J connectivity index is 2.38. The van der Waals surface area contributed by atoms with Gasteiger partial charge in [0.2, 0.25) is 0 Å². The fraction of sp³-hybridized carbons (Fsp3) is 0.714. The number of aliphatic hydroxyl groups excluding tert-OH is 1. The summed E-state index contributed by atoms with van der Waals surface area (Å²) >= 11 is 6.22. The lowest BCUT2D eigenvalue weighted by Crippen LogP contribution is -2.36. The minimum Gasteiger partial charge on any atom is -0.394 e. The van der Waals surface area contributed by atoms with Gasteiger partial charge in [0.15, 0.2) is 0 Å². The quantitative estimate of drug-likeness (QED) is 0.863. The molecule has 0 amide bonds. The van der Waals surface area contributed by atoms with E-state index in [1.807, 2.05) is 6.92 Å². The van der Waals surface area contributed by atoms with Crippen molar-refractivity contribution in [1.82, 2.24) is 9.97 Å². The standard InChI is InChI=1S/C14H22ClN3O/c1-4-5-12-16-13(15)10(3)14(17-12)18-7-6-9(2)11(18)8-19/h9,11,19H,4-8H2,1-3H3. The van der Waals surface area contributed by atoms with Crippen molar-refractivity contribution in [2.24, 2.45) is 5.92 Å². The first kappa shape index (κ1) is 14.5. The average molecular weight is 284 g/mol. The van der Waals surface area contributed by atoms with Crippen LogP contribution in [-0.4, -0.2) is 34.3 Å². The Morgan fingerprint density at radius 3 is 2.79 bits per heavy atom. The van der Waals surface area contributed by atoms with Gasteiger partial charge in [0.25, 0.3) is 0 Å². The van der Waals surface area contributed by atoms with Crippen molar-refractivity contribution in [3.8, 4) is 0 Å². The van der Waals surface area contributed by atoms with Gasteiger partial charge in [-0.15, -0.1) is 0 Å². The van der Waals surface area contributed by atoms with Crippen LogP contribution in [0.25, 0.3) is 0 Å². The number of halogens is 1. The summed E-state index contributed by atoms with van der Waals surface area (Å²) in [6.45, 7) is 7.31. The van der Waals surface area contributed by atoms with E-state index in [1.54, 1.807) is 0 Å². The molecular weight excluding hydrogens is 262 g/mol. The molecule has 1 saturated heterocycles. The highest BCUT2D eigenvalue weighted by Crippen LogP contribution is 2.32. The van der Waals surface area contributed by atoms with Gasteiger partial charge in [-0.3, -0.25) is 0 Å². The second-order valence-electron chi connectivity index (χ2n) is 5.34. The zero-order valence-corrected chi connectivity index (χ0v) is 12.6. The molecule has 2 unspecified atom stereocenters. The van der Waals surface area contributed by atoms with Crippen LogP contribution in [-0.2, 0) is 6.42 Å². The van der Waals surface area contributed by atoms with Crippen LogP contribution in [0.2, 0.25) is 5.15 Å². The molecule has 0 bridgehead atoms. The second kappa shape index (κ2) is 6.06. The van der Waals surface area contributed by atoms with E-state index in [9.17, 15) is 5.11 Å². The Bertz CT molecular complexity index is 453. The van der Waals surface area contributed by atoms with Gasteiger partial charge in [-0.25, -0.2) is 9.97 Å². The molecule has 1 aliphatic heterocycles. The Labute approximate surface area is 119 Å². The highest BCUT2D eigenvalue weighted by Gasteiger charge is 2.32. The number of hydrogen-bond acceptors (Lipinski definition) is 4. The van der Waals surface area contributed by atoms with Crippen LogP contribution in [0, 0.1) is 12.8 Å². The molecule has 2 rings (SSSR count). The average Bonchev–Trinajstić information content (AvgIpc) is 2.75. The van der Waals surface area contributed by atoms with Crippen LogP contribution in [0.3, 0.4) is 0 Å². The van der Waals surface area contributed by atoms with E-state index >= 15 is 0 Å². The van der Waals surface area contributed by atoms with Crippen LogP contribution in [0.5, 0.6) is 0 Å². The molecule has 1 aromatic rings. The maximum Gasteiger partial charge on any atom is 0.137 e. The van der Waals surface area contributed by atoms with Gasteiger partial charge in [0.05, 0.1) is 12.6 Å². The predicted molar refractivity (Wildman–Crippen MR) is 77.8 cm³/mol. The minimum atomic E-state index is 0.138. The lowest BCUT2D eigenvalue weighted by atomic mass is 10.0. The number of nitrogens with zero attached hydrogens (tertiary/aromatic N) is 3. The maximum atomic E-state index is 9.58. The van der Waals surface area contributed by atoms with Crippen LogP contribution >= 0.6 is 11.6 Å². The van der Waals surface area contributed by atoms with Crippen molar-refractivity contribution < 1.29 is 5.11 Å². The molecule has 2 heterocycles. The van der Waals surface area contributed by atoms with Gasteiger partial charge in [0.1, 0.15) is 16.8 Å². The van der Waals surface area contributed by atoms with Crippen molar-refractivity contribution in [2.75, 3.05) is 18.1 Å². The third-order valence-corrected chi connectivity index (χ3v) is 4.29. The first-order chi connectivity index (χ1) is 9.08. The van der Waals surface area contributed by atoms with Gasteiger partial charge in [-0.2, -0.15) is 0 Å². The molecule has 0 radical (unpaired) electrons. The highest BCUT2D eigenvalue weighted by atomic mass is 35.5.